The standard InChI is InChI=1S/C24H28BrN5O2/c1-16-10-6-9-13-19(16)30-21(14-20(28-30)24(2,3)4)27-22(31)15-29(5)23(32)26-18-12-8-7-11-17(18)25/h6-14H,15H2,1-5H3,(H,26,32)(H,27,31). The number of para-hydroxylation sites is 2. The van der Waals surface area contributed by atoms with E-state index in [4.69, 9.17) is 5.10 Å². The van der Waals surface area contributed by atoms with Crippen LogP contribution in [-0.4, -0.2) is 40.2 Å². The maximum absolute atomic E-state index is 12.8. The molecule has 1 heterocycles. The Morgan fingerprint density at radius 2 is 1.72 bits per heavy atom. The highest BCUT2D eigenvalue weighted by Gasteiger charge is 2.23. The second kappa shape index (κ2) is 9.56. The molecule has 3 rings (SSSR count). The smallest absolute Gasteiger partial charge is 0.318 e. The zero-order valence-electron chi connectivity index (χ0n) is 18.9. The molecule has 0 aliphatic rings. The number of anilines is 2. The molecule has 0 unspecified atom stereocenters. The third-order valence-corrected chi connectivity index (χ3v) is 5.62. The summed E-state index contributed by atoms with van der Waals surface area (Å²) in [7, 11) is 1.57. The highest BCUT2D eigenvalue weighted by molar-refractivity contribution is 9.10. The van der Waals surface area contributed by atoms with E-state index in [9.17, 15) is 9.59 Å². The number of aromatic nitrogens is 2. The molecule has 3 amide bonds. The van der Waals surface area contributed by atoms with E-state index in [1.165, 1.54) is 4.90 Å². The minimum atomic E-state index is -0.380. The van der Waals surface area contributed by atoms with Crippen molar-refractivity contribution in [1.29, 1.82) is 0 Å². The number of amides is 3. The summed E-state index contributed by atoms with van der Waals surface area (Å²) in [5.74, 6) is 0.249. The lowest BCUT2D eigenvalue weighted by Crippen LogP contribution is -2.38. The van der Waals surface area contributed by atoms with Gasteiger partial charge in [-0.15, -0.1) is 0 Å². The van der Waals surface area contributed by atoms with Gasteiger partial charge in [0.15, 0.2) is 0 Å². The second-order valence-electron chi connectivity index (χ2n) is 8.68. The van der Waals surface area contributed by atoms with Gasteiger partial charge in [-0.3, -0.25) is 4.79 Å². The first kappa shape index (κ1) is 23.5. The average molecular weight is 498 g/mol. The largest absolute Gasteiger partial charge is 0.322 e. The van der Waals surface area contributed by atoms with E-state index >= 15 is 0 Å². The molecule has 0 saturated carbocycles. The molecule has 0 aliphatic heterocycles. The molecule has 1 aromatic heterocycles. The van der Waals surface area contributed by atoms with Gasteiger partial charge in [0.05, 0.1) is 17.1 Å². The Hall–Kier alpha value is -3.13. The Bertz CT molecular complexity index is 1130. The third kappa shape index (κ3) is 5.56. The summed E-state index contributed by atoms with van der Waals surface area (Å²) in [6.45, 7) is 8.11. The molecule has 0 spiro atoms. The predicted molar refractivity (Wildman–Crippen MR) is 131 cm³/mol. The van der Waals surface area contributed by atoms with E-state index in [0.717, 1.165) is 21.4 Å². The molecule has 7 nitrogen and oxygen atoms in total. The summed E-state index contributed by atoms with van der Waals surface area (Å²) >= 11 is 3.40. The van der Waals surface area contributed by atoms with Gasteiger partial charge in [-0.1, -0.05) is 51.1 Å². The molecule has 8 heteroatoms. The SMILES string of the molecule is Cc1ccccc1-n1nc(C(C)(C)C)cc1NC(=O)CN(C)C(=O)Nc1ccccc1Br. The van der Waals surface area contributed by atoms with Crippen LogP contribution in [0.3, 0.4) is 0 Å². The average Bonchev–Trinajstić information content (AvgIpc) is 3.13. The molecule has 0 bridgehead atoms. The fraction of sp³-hybridized carbons (Fsp3) is 0.292. The van der Waals surface area contributed by atoms with Crippen LogP contribution in [0.25, 0.3) is 5.69 Å². The lowest BCUT2D eigenvalue weighted by Gasteiger charge is -2.18. The van der Waals surface area contributed by atoms with Crippen LogP contribution in [0.4, 0.5) is 16.3 Å². The van der Waals surface area contributed by atoms with Gasteiger partial charge >= 0.3 is 6.03 Å². The van der Waals surface area contributed by atoms with Crippen LogP contribution in [-0.2, 0) is 10.2 Å². The molecular weight excluding hydrogens is 470 g/mol. The first-order chi connectivity index (χ1) is 15.1. The summed E-state index contributed by atoms with van der Waals surface area (Å²) in [6.07, 6.45) is 0. The van der Waals surface area contributed by atoms with Crippen molar-refractivity contribution in [3.63, 3.8) is 0 Å². The first-order valence-corrected chi connectivity index (χ1v) is 11.1. The van der Waals surface area contributed by atoms with Crippen molar-refractivity contribution in [2.75, 3.05) is 24.2 Å². The second-order valence-corrected chi connectivity index (χ2v) is 9.53. The molecule has 2 aromatic carbocycles. The molecule has 0 aliphatic carbocycles. The number of carbonyl (C=O) groups excluding carboxylic acids is 2. The van der Waals surface area contributed by atoms with Gasteiger partial charge < -0.3 is 15.5 Å². The molecule has 0 atom stereocenters. The van der Waals surface area contributed by atoms with Crippen molar-refractivity contribution >= 4 is 39.4 Å². The molecule has 0 fully saturated rings. The first-order valence-electron chi connectivity index (χ1n) is 10.3. The van der Waals surface area contributed by atoms with Crippen LogP contribution in [0.1, 0.15) is 32.0 Å². The maximum Gasteiger partial charge on any atom is 0.322 e. The van der Waals surface area contributed by atoms with Gasteiger partial charge in [-0.05, 0) is 46.6 Å². The Morgan fingerprint density at radius 1 is 1.06 bits per heavy atom. The van der Waals surface area contributed by atoms with Crippen molar-refractivity contribution in [2.45, 2.75) is 33.1 Å². The monoisotopic (exact) mass is 497 g/mol. The van der Waals surface area contributed by atoms with Crippen molar-refractivity contribution in [3.05, 3.63) is 70.3 Å². The molecular formula is C24H28BrN5O2. The van der Waals surface area contributed by atoms with E-state index in [0.29, 0.717) is 11.5 Å². The topological polar surface area (TPSA) is 79.3 Å². The quantitative estimate of drug-likeness (QED) is 0.498. The number of halogens is 1. The van der Waals surface area contributed by atoms with Crippen LogP contribution in [0, 0.1) is 6.92 Å². The Labute approximate surface area is 196 Å². The van der Waals surface area contributed by atoms with Gasteiger partial charge in [0.1, 0.15) is 12.4 Å². The number of urea groups is 1. The summed E-state index contributed by atoms with van der Waals surface area (Å²) in [4.78, 5) is 26.6. The molecule has 0 saturated heterocycles. The summed E-state index contributed by atoms with van der Waals surface area (Å²) in [5, 5.41) is 10.5. The number of hydrogen-bond acceptors (Lipinski definition) is 3. The number of benzene rings is 2. The zero-order valence-corrected chi connectivity index (χ0v) is 20.5. The summed E-state index contributed by atoms with van der Waals surface area (Å²) in [6, 6.07) is 16.7. The summed E-state index contributed by atoms with van der Waals surface area (Å²) < 4.78 is 2.51. The maximum atomic E-state index is 12.8. The van der Waals surface area contributed by atoms with Gasteiger partial charge in [-0.2, -0.15) is 5.10 Å². The van der Waals surface area contributed by atoms with E-state index in [-0.39, 0.29) is 23.9 Å². The fourth-order valence-electron chi connectivity index (χ4n) is 3.06. The number of rotatable bonds is 5. The van der Waals surface area contributed by atoms with E-state index in [1.54, 1.807) is 17.8 Å². The number of carbonyl (C=O) groups is 2. The van der Waals surface area contributed by atoms with Crippen molar-refractivity contribution in [1.82, 2.24) is 14.7 Å². The highest BCUT2D eigenvalue weighted by atomic mass is 79.9. The molecule has 168 valence electrons. The Kier molecular flexibility index (Phi) is 7.03. The van der Waals surface area contributed by atoms with Crippen molar-refractivity contribution in [2.24, 2.45) is 0 Å². The van der Waals surface area contributed by atoms with Gasteiger partial charge in [0, 0.05) is 23.0 Å². The van der Waals surface area contributed by atoms with E-state index in [1.807, 2.05) is 55.5 Å². The Balaban J connectivity index is 1.77. The number of aryl methyl sites for hydroxylation is 1. The third-order valence-electron chi connectivity index (χ3n) is 4.93. The van der Waals surface area contributed by atoms with Crippen LogP contribution >= 0.6 is 15.9 Å². The fourth-order valence-corrected chi connectivity index (χ4v) is 3.45. The lowest BCUT2D eigenvalue weighted by atomic mass is 9.92. The minimum absolute atomic E-state index is 0.111. The van der Waals surface area contributed by atoms with Crippen molar-refractivity contribution in [3.8, 4) is 5.69 Å². The highest BCUT2D eigenvalue weighted by Crippen LogP contribution is 2.27. The summed E-state index contributed by atoms with van der Waals surface area (Å²) in [5.41, 5.74) is 3.23. The number of likely N-dealkylation sites (N-methyl/N-ethyl adjacent to an activating group) is 1. The van der Waals surface area contributed by atoms with Crippen molar-refractivity contribution < 1.29 is 9.59 Å². The molecule has 32 heavy (non-hydrogen) atoms. The van der Waals surface area contributed by atoms with Crippen LogP contribution in [0.2, 0.25) is 0 Å². The normalized spacial score (nSPS) is 11.2. The van der Waals surface area contributed by atoms with Crippen LogP contribution in [0.5, 0.6) is 0 Å². The molecule has 3 aromatic rings. The van der Waals surface area contributed by atoms with Gasteiger partial charge in [-0.25, -0.2) is 9.48 Å². The number of hydrogen-bond donors (Lipinski definition) is 2. The minimum Gasteiger partial charge on any atom is -0.318 e. The Morgan fingerprint density at radius 3 is 2.38 bits per heavy atom. The van der Waals surface area contributed by atoms with Crippen LogP contribution < -0.4 is 10.6 Å². The van der Waals surface area contributed by atoms with Crippen LogP contribution in [0.15, 0.2) is 59.1 Å². The molecule has 2 N–H and O–H groups in total. The van der Waals surface area contributed by atoms with E-state index in [2.05, 4.69) is 47.3 Å². The number of nitrogens with zero attached hydrogens (tertiary/aromatic N) is 3. The van der Waals surface area contributed by atoms with Gasteiger partial charge in [0.25, 0.3) is 0 Å². The zero-order chi connectivity index (χ0) is 23.5. The van der Waals surface area contributed by atoms with E-state index < -0.39 is 0 Å². The van der Waals surface area contributed by atoms with Gasteiger partial charge in [0.2, 0.25) is 5.91 Å². The number of nitrogens with one attached hydrogen (secondary N) is 2. The predicted octanol–water partition coefficient (Wildman–Crippen LogP) is 5.34. The molecule has 0 radical (unpaired) electrons. The lowest BCUT2D eigenvalue weighted by molar-refractivity contribution is -0.116.